The van der Waals surface area contributed by atoms with Gasteiger partial charge in [0.05, 0.1) is 0 Å². The van der Waals surface area contributed by atoms with Gasteiger partial charge in [-0.15, -0.1) is 0 Å². The molecule has 0 bridgehead atoms. The van der Waals surface area contributed by atoms with Gasteiger partial charge in [-0.05, 0) is 59.4 Å². The lowest BCUT2D eigenvalue weighted by atomic mass is 9.97. The van der Waals surface area contributed by atoms with Gasteiger partial charge in [-0.3, -0.25) is 14.5 Å². The molecule has 1 rings (SSSR count). The molecule has 1 aromatic rings. The van der Waals surface area contributed by atoms with Gasteiger partial charge in [-0.2, -0.15) is 0 Å². The quantitative estimate of drug-likeness (QED) is 0.406. The molecule has 0 spiro atoms. The average Bonchev–Trinajstić information content (AvgIpc) is 2.65. The summed E-state index contributed by atoms with van der Waals surface area (Å²) in [5, 5.41) is 16.0. The second-order valence-corrected chi connectivity index (χ2v) is 9.74. The van der Waals surface area contributed by atoms with Gasteiger partial charge in [0.15, 0.2) is 6.04 Å². The number of alkyl carbamates (subject to hydrolysis) is 1. The van der Waals surface area contributed by atoms with E-state index in [1.54, 1.807) is 59.7 Å². The van der Waals surface area contributed by atoms with Gasteiger partial charge < -0.3 is 20.5 Å². The third kappa shape index (κ3) is 8.33. The van der Waals surface area contributed by atoms with Crippen molar-refractivity contribution in [1.29, 1.82) is 0 Å². The first-order chi connectivity index (χ1) is 15.2. The van der Waals surface area contributed by atoms with Crippen molar-refractivity contribution in [3.8, 4) is 18.2 Å². The standard InChI is InChI=1S/C25H37N3O5/c1-10-28(23(31)19(14-15(2)3)27-24(32)33-25(7,8)9)20(22(30)26-16(4)5)18-13-11-12-17(6)21(18)29/h1,11-13,15-16,19-20,29H,14H2,2-9H3,(H,26,30)(H,27,32). The van der Waals surface area contributed by atoms with E-state index in [1.807, 2.05) is 13.8 Å². The Balaban J connectivity index is 3.45. The van der Waals surface area contributed by atoms with Gasteiger partial charge >= 0.3 is 6.09 Å². The summed E-state index contributed by atoms with van der Waals surface area (Å²) in [6.45, 7) is 14.2. The van der Waals surface area contributed by atoms with Crippen molar-refractivity contribution < 1.29 is 24.2 Å². The molecular formula is C25H37N3O5. The molecule has 3 N–H and O–H groups in total. The van der Waals surface area contributed by atoms with Gasteiger partial charge in [0, 0.05) is 17.6 Å². The molecule has 8 nitrogen and oxygen atoms in total. The zero-order valence-electron chi connectivity index (χ0n) is 20.9. The summed E-state index contributed by atoms with van der Waals surface area (Å²) in [7, 11) is 0. The van der Waals surface area contributed by atoms with Crippen molar-refractivity contribution in [3.63, 3.8) is 0 Å². The summed E-state index contributed by atoms with van der Waals surface area (Å²) in [5.41, 5.74) is -0.0288. The van der Waals surface area contributed by atoms with Gasteiger partial charge in [-0.1, -0.05) is 38.5 Å². The number of hydrogen-bond acceptors (Lipinski definition) is 5. The molecule has 0 saturated heterocycles. The fourth-order valence-corrected chi connectivity index (χ4v) is 3.24. The predicted molar refractivity (Wildman–Crippen MR) is 127 cm³/mol. The summed E-state index contributed by atoms with van der Waals surface area (Å²) in [6.07, 6.45) is 5.23. The molecule has 0 aliphatic heterocycles. The van der Waals surface area contributed by atoms with Crippen LogP contribution >= 0.6 is 0 Å². The van der Waals surface area contributed by atoms with E-state index < -0.39 is 35.6 Å². The number of terminal acetylenes is 1. The van der Waals surface area contributed by atoms with Crippen LogP contribution in [0.15, 0.2) is 18.2 Å². The number of phenols is 1. The molecule has 0 aliphatic rings. The highest BCUT2D eigenvalue weighted by molar-refractivity contribution is 5.93. The number of phenolic OH excluding ortho intramolecular Hbond substituents is 1. The molecule has 8 heteroatoms. The van der Waals surface area contributed by atoms with Crippen molar-refractivity contribution in [3.05, 3.63) is 29.3 Å². The normalized spacial score (nSPS) is 13.1. The number of carbonyl (C=O) groups excluding carboxylic acids is 3. The number of amides is 3. The fraction of sp³-hybridized carbons (Fsp3) is 0.560. The summed E-state index contributed by atoms with van der Waals surface area (Å²) >= 11 is 0. The Kier molecular flexibility index (Phi) is 9.78. The topological polar surface area (TPSA) is 108 Å². The van der Waals surface area contributed by atoms with E-state index in [0.29, 0.717) is 5.56 Å². The van der Waals surface area contributed by atoms with Crippen molar-refractivity contribution >= 4 is 17.9 Å². The highest BCUT2D eigenvalue weighted by Gasteiger charge is 2.37. The largest absolute Gasteiger partial charge is 0.507 e. The van der Waals surface area contributed by atoms with E-state index in [9.17, 15) is 19.5 Å². The van der Waals surface area contributed by atoms with E-state index in [2.05, 4.69) is 16.7 Å². The highest BCUT2D eigenvalue weighted by Crippen LogP contribution is 2.32. The minimum atomic E-state index is -1.29. The molecule has 1 aromatic carbocycles. The number of carbonyl (C=O) groups is 3. The Bertz CT molecular complexity index is 896. The number of nitrogens with one attached hydrogen (secondary N) is 2. The number of ether oxygens (including phenoxy) is 1. The van der Waals surface area contributed by atoms with Crippen LogP contribution in [-0.4, -0.2) is 45.6 Å². The lowest BCUT2D eigenvalue weighted by Crippen LogP contribution is -2.52. The minimum Gasteiger partial charge on any atom is -0.507 e. The van der Waals surface area contributed by atoms with E-state index >= 15 is 0 Å². The Hall–Kier alpha value is -3.21. The number of aryl methyl sites for hydroxylation is 1. The van der Waals surface area contributed by atoms with Gasteiger partial charge in [0.25, 0.3) is 5.91 Å². The Morgan fingerprint density at radius 3 is 2.24 bits per heavy atom. The predicted octanol–water partition coefficient (Wildman–Crippen LogP) is 3.63. The summed E-state index contributed by atoms with van der Waals surface area (Å²) in [5.74, 6) is -1.29. The Morgan fingerprint density at radius 1 is 1.15 bits per heavy atom. The van der Waals surface area contributed by atoms with Crippen LogP contribution in [0.2, 0.25) is 0 Å². The van der Waals surface area contributed by atoms with E-state index in [1.165, 1.54) is 0 Å². The first kappa shape index (κ1) is 27.8. The SMILES string of the molecule is C#CN(C(=O)C(CC(C)C)NC(=O)OC(C)(C)C)C(C(=O)NC(C)C)c1cccc(C)c1O. The zero-order chi connectivity index (χ0) is 25.5. The maximum Gasteiger partial charge on any atom is 0.408 e. The lowest BCUT2D eigenvalue weighted by molar-refractivity contribution is -0.139. The van der Waals surface area contributed by atoms with Crippen LogP contribution in [0.1, 0.15) is 72.1 Å². The van der Waals surface area contributed by atoms with Crippen LogP contribution in [-0.2, 0) is 14.3 Å². The Labute approximate surface area is 197 Å². The van der Waals surface area contributed by atoms with Crippen LogP contribution in [0.3, 0.4) is 0 Å². The molecular weight excluding hydrogens is 422 g/mol. The smallest absolute Gasteiger partial charge is 0.408 e. The van der Waals surface area contributed by atoms with E-state index in [0.717, 1.165) is 4.90 Å². The number of hydrogen-bond donors (Lipinski definition) is 3. The summed E-state index contributed by atoms with van der Waals surface area (Å²) in [6, 6.07) is 4.65. The molecule has 0 radical (unpaired) electrons. The molecule has 33 heavy (non-hydrogen) atoms. The van der Waals surface area contributed by atoms with Gasteiger partial charge in [0.1, 0.15) is 17.4 Å². The van der Waals surface area contributed by atoms with Gasteiger partial charge in [0.2, 0.25) is 5.91 Å². The van der Waals surface area contributed by atoms with Gasteiger partial charge in [-0.25, -0.2) is 4.79 Å². The van der Waals surface area contributed by atoms with Crippen LogP contribution in [0, 0.1) is 25.3 Å². The molecule has 2 unspecified atom stereocenters. The van der Waals surface area contributed by atoms with Crippen LogP contribution < -0.4 is 10.6 Å². The summed E-state index contributed by atoms with van der Waals surface area (Å²) in [4.78, 5) is 40.1. The van der Waals surface area contributed by atoms with E-state index in [-0.39, 0.29) is 29.7 Å². The lowest BCUT2D eigenvalue weighted by Gasteiger charge is -2.31. The van der Waals surface area contributed by atoms with Crippen molar-refractivity contribution in [1.82, 2.24) is 15.5 Å². The van der Waals surface area contributed by atoms with Crippen molar-refractivity contribution in [2.45, 2.75) is 85.5 Å². The first-order valence-corrected chi connectivity index (χ1v) is 11.1. The zero-order valence-corrected chi connectivity index (χ0v) is 20.9. The molecule has 2 atom stereocenters. The maximum absolute atomic E-state index is 13.6. The number of rotatable bonds is 8. The third-order valence-corrected chi connectivity index (χ3v) is 4.57. The van der Waals surface area contributed by atoms with Crippen LogP contribution in [0.4, 0.5) is 4.79 Å². The Morgan fingerprint density at radius 2 is 1.76 bits per heavy atom. The number of aromatic hydroxyl groups is 1. The number of para-hydroxylation sites is 1. The second kappa shape index (κ2) is 11.6. The van der Waals surface area contributed by atoms with Crippen LogP contribution in [0.5, 0.6) is 5.75 Å². The van der Waals surface area contributed by atoms with Crippen molar-refractivity contribution in [2.75, 3.05) is 0 Å². The summed E-state index contributed by atoms with van der Waals surface area (Å²) < 4.78 is 5.30. The van der Waals surface area contributed by atoms with E-state index in [4.69, 9.17) is 11.2 Å². The first-order valence-electron chi connectivity index (χ1n) is 11.1. The molecule has 0 saturated carbocycles. The maximum atomic E-state index is 13.6. The second-order valence-electron chi connectivity index (χ2n) is 9.74. The molecule has 0 heterocycles. The fourth-order valence-electron chi connectivity index (χ4n) is 3.24. The minimum absolute atomic E-state index is 0.0313. The number of benzene rings is 1. The molecule has 0 fully saturated rings. The van der Waals surface area contributed by atoms with Crippen LogP contribution in [0.25, 0.3) is 0 Å². The number of nitrogens with zero attached hydrogens (tertiary/aromatic N) is 1. The average molecular weight is 460 g/mol. The highest BCUT2D eigenvalue weighted by atomic mass is 16.6. The monoisotopic (exact) mass is 459 g/mol. The third-order valence-electron chi connectivity index (χ3n) is 4.57. The molecule has 0 aliphatic carbocycles. The van der Waals surface area contributed by atoms with Crippen molar-refractivity contribution in [2.24, 2.45) is 5.92 Å². The molecule has 0 aromatic heterocycles. The molecule has 3 amide bonds. The molecule has 182 valence electrons.